The van der Waals surface area contributed by atoms with Crippen LogP contribution < -0.4 is 10.6 Å². The normalized spacial score (nSPS) is 17.6. The third-order valence-electron chi connectivity index (χ3n) is 3.69. The molecular weight excluding hydrogens is 244 g/mol. The van der Waals surface area contributed by atoms with Crippen LogP contribution in [0.2, 0.25) is 0 Å². The molecule has 1 fully saturated rings. The molecule has 1 aliphatic carbocycles. The number of carbonyl (C=O) groups excluding carboxylic acids is 1. The number of carboxylic acid groups (broad SMARTS) is 1. The summed E-state index contributed by atoms with van der Waals surface area (Å²) in [7, 11) is 1.72. The molecule has 1 atom stereocenters. The van der Waals surface area contributed by atoms with Crippen molar-refractivity contribution in [3.63, 3.8) is 0 Å². The van der Waals surface area contributed by atoms with E-state index in [4.69, 9.17) is 0 Å². The summed E-state index contributed by atoms with van der Waals surface area (Å²) in [5.74, 6) is -0.886. The van der Waals surface area contributed by atoms with Crippen LogP contribution in [0.4, 0.5) is 5.69 Å². The molecule has 0 bridgehead atoms. The predicted octanol–water partition coefficient (Wildman–Crippen LogP) is 1.35. The Morgan fingerprint density at radius 2 is 1.84 bits per heavy atom. The van der Waals surface area contributed by atoms with E-state index in [2.05, 4.69) is 10.6 Å². The van der Waals surface area contributed by atoms with Crippen LogP contribution in [-0.4, -0.2) is 30.1 Å². The zero-order chi connectivity index (χ0) is 14.0. The first-order valence-electron chi connectivity index (χ1n) is 6.32. The molecule has 0 aliphatic heterocycles. The summed E-state index contributed by atoms with van der Waals surface area (Å²) >= 11 is 0. The van der Waals surface area contributed by atoms with E-state index < -0.39 is 11.4 Å². The zero-order valence-electron chi connectivity index (χ0n) is 11.1. The van der Waals surface area contributed by atoms with Gasteiger partial charge in [-0.15, -0.1) is 0 Å². The Kier molecular flexibility index (Phi) is 3.57. The fraction of sp³-hybridized carbons (Fsp3) is 0.429. The van der Waals surface area contributed by atoms with Crippen molar-refractivity contribution >= 4 is 17.6 Å². The number of benzene rings is 1. The summed E-state index contributed by atoms with van der Waals surface area (Å²) in [5.41, 5.74) is 0.789. The molecule has 5 nitrogen and oxygen atoms in total. The molecule has 1 amide bonds. The van der Waals surface area contributed by atoms with Crippen LogP contribution in [0.15, 0.2) is 24.3 Å². The highest BCUT2D eigenvalue weighted by atomic mass is 16.4. The van der Waals surface area contributed by atoms with Crippen molar-refractivity contribution < 1.29 is 14.7 Å². The second-order valence-electron chi connectivity index (χ2n) is 4.96. The van der Waals surface area contributed by atoms with E-state index in [0.717, 1.165) is 5.56 Å². The maximum atomic E-state index is 11.7. The smallest absolute Gasteiger partial charge is 0.314 e. The van der Waals surface area contributed by atoms with Gasteiger partial charge in [0.1, 0.15) is 0 Å². The molecule has 1 aliphatic rings. The summed E-state index contributed by atoms with van der Waals surface area (Å²) in [6.45, 7) is 1.77. The van der Waals surface area contributed by atoms with Crippen molar-refractivity contribution in [2.75, 3.05) is 12.4 Å². The summed E-state index contributed by atoms with van der Waals surface area (Å²) in [5, 5.41) is 14.8. The van der Waals surface area contributed by atoms with Crippen molar-refractivity contribution in [3.05, 3.63) is 29.8 Å². The van der Waals surface area contributed by atoms with Crippen molar-refractivity contribution in [1.82, 2.24) is 5.32 Å². The summed E-state index contributed by atoms with van der Waals surface area (Å²) in [6.07, 6.45) is 1.37. The Labute approximate surface area is 112 Å². The number of carboxylic acids is 1. The maximum absolute atomic E-state index is 11.7. The Morgan fingerprint density at radius 1 is 1.26 bits per heavy atom. The Bertz CT molecular complexity index is 492. The molecule has 3 N–H and O–H groups in total. The van der Waals surface area contributed by atoms with Crippen molar-refractivity contribution in [1.29, 1.82) is 0 Å². The molecule has 1 aromatic rings. The van der Waals surface area contributed by atoms with E-state index in [9.17, 15) is 14.7 Å². The highest BCUT2D eigenvalue weighted by Crippen LogP contribution is 2.48. The van der Waals surface area contributed by atoms with Crippen LogP contribution in [0.1, 0.15) is 25.3 Å². The average molecular weight is 262 g/mol. The van der Waals surface area contributed by atoms with Crippen LogP contribution >= 0.6 is 0 Å². The SMILES string of the molecule is CNC(C)C(=O)Nc1ccc(C2(C(=O)O)CC2)cc1. The number of aliphatic carboxylic acids is 1. The van der Waals surface area contributed by atoms with Crippen molar-refractivity contribution in [3.8, 4) is 0 Å². The van der Waals surface area contributed by atoms with E-state index in [-0.39, 0.29) is 11.9 Å². The molecule has 102 valence electrons. The number of hydrogen-bond donors (Lipinski definition) is 3. The molecule has 0 heterocycles. The molecule has 1 unspecified atom stereocenters. The lowest BCUT2D eigenvalue weighted by Crippen LogP contribution is -2.35. The lowest BCUT2D eigenvalue weighted by Gasteiger charge is -2.13. The van der Waals surface area contributed by atoms with Crippen LogP contribution in [0.5, 0.6) is 0 Å². The molecule has 1 saturated carbocycles. The summed E-state index contributed by atoms with van der Waals surface area (Å²) in [6, 6.07) is 6.78. The van der Waals surface area contributed by atoms with Gasteiger partial charge in [0.2, 0.25) is 5.91 Å². The number of carbonyl (C=O) groups is 2. The monoisotopic (exact) mass is 262 g/mol. The topological polar surface area (TPSA) is 78.4 Å². The van der Waals surface area contributed by atoms with Crippen LogP contribution in [0, 0.1) is 0 Å². The van der Waals surface area contributed by atoms with Crippen LogP contribution in [0.3, 0.4) is 0 Å². The van der Waals surface area contributed by atoms with E-state index in [1.807, 2.05) is 0 Å². The number of hydrogen-bond acceptors (Lipinski definition) is 3. The van der Waals surface area contributed by atoms with Gasteiger partial charge >= 0.3 is 5.97 Å². The minimum Gasteiger partial charge on any atom is -0.481 e. The number of nitrogens with one attached hydrogen (secondary N) is 2. The third kappa shape index (κ3) is 2.61. The predicted molar refractivity (Wildman–Crippen MR) is 72.1 cm³/mol. The third-order valence-corrected chi connectivity index (χ3v) is 3.69. The highest BCUT2D eigenvalue weighted by molar-refractivity contribution is 5.94. The minimum absolute atomic E-state index is 0.116. The molecular formula is C14H18N2O3. The highest BCUT2D eigenvalue weighted by Gasteiger charge is 2.51. The van der Waals surface area contributed by atoms with Gasteiger partial charge in [0.15, 0.2) is 0 Å². The van der Waals surface area contributed by atoms with E-state index >= 15 is 0 Å². The fourth-order valence-electron chi connectivity index (χ4n) is 2.01. The van der Waals surface area contributed by atoms with Gasteiger partial charge in [0.25, 0.3) is 0 Å². The lowest BCUT2D eigenvalue weighted by atomic mass is 9.96. The second kappa shape index (κ2) is 5.01. The lowest BCUT2D eigenvalue weighted by molar-refractivity contribution is -0.140. The largest absolute Gasteiger partial charge is 0.481 e. The average Bonchev–Trinajstić information content (AvgIpc) is 3.20. The van der Waals surface area contributed by atoms with Crippen LogP contribution in [-0.2, 0) is 15.0 Å². The van der Waals surface area contributed by atoms with Gasteiger partial charge in [0.05, 0.1) is 11.5 Å². The van der Waals surface area contributed by atoms with Gasteiger partial charge in [-0.25, -0.2) is 0 Å². The first-order chi connectivity index (χ1) is 8.99. The van der Waals surface area contributed by atoms with Gasteiger partial charge < -0.3 is 15.7 Å². The maximum Gasteiger partial charge on any atom is 0.314 e. The number of rotatable bonds is 5. The van der Waals surface area contributed by atoms with E-state index in [0.29, 0.717) is 18.5 Å². The Balaban J connectivity index is 2.07. The molecule has 0 aromatic heterocycles. The first-order valence-corrected chi connectivity index (χ1v) is 6.32. The Hall–Kier alpha value is -1.88. The second-order valence-corrected chi connectivity index (χ2v) is 4.96. The fourth-order valence-corrected chi connectivity index (χ4v) is 2.01. The van der Waals surface area contributed by atoms with Crippen molar-refractivity contribution in [2.24, 2.45) is 0 Å². The van der Waals surface area contributed by atoms with Gasteiger partial charge in [-0.1, -0.05) is 12.1 Å². The number of likely N-dealkylation sites (N-methyl/N-ethyl adjacent to an activating group) is 1. The van der Waals surface area contributed by atoms with Crippen molar-refractivity contribution in [2.45, 2.75) is 31.2 Å². The summed E-state index contributed by atoms with van der Waals surface area (Å²) < 4.78 is 0. The molecule has 1 aromatic carbocycles. The first kappa shape index (κ1) is 13.5. The molecule has 0 saturated heterocycles. The molecule has 2 rings (SSSR count). The summed E-state index contributed by atoms with van der Waals surface area (Å²) in [4.78, 5) is 22.9. The molecule has 19 heavy (non-hydrogen) atoms. The van der Waals surface area contributed by atoms with Crippen LogP contribution in [0.25, 0.3) is 0 Å². The van der Waals surface area contributed by atoms with E-state index in [1.54, 1.807) is 38.2 Å². The standard InChI is InChI=1S/C14H18N2O3/c1-9(15-2)12(17)16-11-5-3-10(4-6-11)14(7-8-14)13(18)19/h3-6,9,15H,7-8H2,1-2H3,(H,16,17)(H,18,19). The Morgan fingerprint density at radius 3 is 2.26 bits per heavy atom. The molecule has 0 spiro atoms. The zero-order valence-corrected chi connectivity index (χ0v) is 11.1. The number of anilines is 1. The molecule has 5 heteroatoms. The minimum atomic E-state index is -0.770. The number of amides is 1. The van der Waals surface area contributed by atoms with Gasteiger partial charge in [-0.05, 0) is 44.5 Å². The van der Waals surface area contributed by atoms with Gasteiger partial charge in [0, 0.05) is 5.69 Å². The van der Waals surface area contributed by atoms with E-state index in [1.165, 1.54) is 0 Å². The van der Waals surface area contributed by atoms with Gasteiger partial charge in [-0.2, -0.15) is 0 Å². The quantitative estimate of drug-likeness (QED) is 0.748. The molecule has 0 radical (unpaired) electrons. The van der Waals surface area contributed by atoms with Gasteiger partial charge in [-0.3, -0.25) is 9.59 Å².